The van der Waals surface area contributed by atoms with E-state index >= 15 is 0 Å². The number of ether oxygens (including phenoxy) is 1. The Morgan fingerprint density at radius 2 is 2.23 bits per heavy atom. The zero-order valence-corrected chi connectivity index (χ0v) is 17.6. The van der Waals surface area contributed by atoms with Gasteiger partial charge in [0, 0.05) is 45.3 Å². The number of allylic oxidation sites excluding steroid dienone is 6. The summed E-state index contributed by atoms with van der Waals surface area (Å²) in [5, 5.41) is 3.00. The van der Waals surface area contributed by atoms with E-state index in [9.17, 15) is 4.79 Å². The van der Waals surface area contributed by atoms with E-state index in [-0.39, 0.29) is 7.33 Å². The number of aromatic nitrogens is 2. The molecule has 2 fully saturated rings. The van der Waals surface area contributed by atoms with Crippen LogP contribution in [0, 0.1) is 17.8 Å². The molecule has 0 bridgehead atoms. The van der Waals surface area contributed by atoms with Gasteiger partial charge in [-0.05, 0) is 42.7 Å². The monoisotopic (exact) mass is 408 g/mol. The average molecular weight is 409 g/mol. The number of hydrogen-bond donors (Lipinski definition) is 1. The summed E-state index contributed by atoms with van der Waals surface area (Å²) in [6, 6.07) is 0. The van der Waals surface area contributed by atoms with E-state index < -0.39 is 0 Å². The molecule has 3 aliphatic rings. The largest absolute Gasteiger partial charge is 0.376 e. The van der Waals surface area contributed by atoms with Crippen LogP contribution in [0.1, 0.15) is 26.0 Å². The van der Waals surface area contributed by atoms with E-state index in [4.69, 9.17) is 9.72 Å². The zero-order valence-electron chi connectivity index (χ0n) is 17.6. The minimum atomic E-state index is -0.0536. The second kappa shape index (κ2) is 9.39. The van der Waals surface area contributed by atoms with Gasteiger partial charge in [-0.2, -0.15) is 0 Å². The van der Waals surface area contributed by atoms with Gasteiger partial charge in [-0.25, -0.2) is 9.97 Å². The van der Waals surface area contributed by atoms with Gasteiger partial charge in [0.2, 0.25) is 11.9 Å². The summed E-state index contributed by atoms with van der Waals surface area (Å²) < 4.78 is 5.46. The number of fused-ring (bicyclic) bond motifs is 2. The van der Waals surface area contributed by atoms with Crippen LogP contribution in [0.3, 0.4) is 0 Å². The maximum atomic E-state index is 12.0. The number of nitrogens with zero attached hydrogens (tertiary/aromatic N) is 3. The molecule has 3 heterocycles. The van der Waals surface area contributed by atoms with Crippen LogP contribution in [0.25, 0.3) is 0 Å². The Hall–Kier alpha value is -2.73. The molecule has 30 heavy (non-hydrogen) atoms. The van der Waals surface area contributed by atoms with Crippen molar-refractivity contribution >= 4 is 11.9 Å². The molecule has 0 aromatic carbocycles. The van der Waals surface area contributed by atoms with Crippen molar-refractivity contribution in [3.8, 4) is 0 Å². The maximum absolute atomic E-state index is 12.0. The fourth-order valence-corrected chi connectivity index (χ4v) is 4.50. The van der Waals surface area contributed by atoms with Crippen LogP contribution in [0.5, 0.6) is 0 Å². The lowest BCUT2D eigenvalue weighted by Crippen LogP contribution is -2.28. The van der Waals surface area contributed by atoms with Crippen LogP contribution < -0.4 is 10.2 Å². The highest BCUT2D eigenvalue weighted by Crippen LogP contribution is 2.53. The normalized spacial score (nSPS) is 25.4. The Bertz CT molecular complexity index is 884. The number of carbonyl (C=O) groups excluding carboxylic acids is 1. The summed E-state index contributed by atoms with van der Waals surface area (Å²) >= 11 is 0. The first kappa shape index (κ1) is 20.5. The number of piperidine rings is 1. The molecule has 1 saturated heterocycles. The first-order valence-electron chi connectivity index (χ1n) is 10.8. The topological polar surface area (TPSA) is 67.4 Å². The zero-order chi connectivity index (χ0) is 20.9. The quantitative estimate of drug-likeness (QED) is 0.528. The molecule has 6 nitrogen and oxygen atoms in total. The van der Waals surface area contributed by atoms with Crippen molar-refractivity contribution in [2.75, 3.05) is 31.1 Å². The van der Waals surface area contributed by atoms with Crippen LogP contribution >= 0.6 is 0 Å². The lowest BCUT2D eigenvalue weighted by atomic mass is 10.1. The summed E-state index contributed by atoms with van der Waals surface area (Å²) in [5.41, 5.74) is 3.17. The van der Waals surface area contributed by atoms with Crippen molar-refractivity contribution in [1.29, 1.82) is 0 Å². The first-order valence-corrected chi connectivity index (χ1v) is 10.8. The molecule has 1 saturated carbocycles. The summed E-state index contributed by atoms with van der Waals surface area (Å²) in [7, 11) is 0. The molecule has 1 aliphatic carbocycles. The highest BCUT2D eigenvalue weighted by atomic mass is 16.5. The molecule has 1 aromatic rings. The fraction of sp³-hybridized carbons (Fsp3) is 0.458. The van der Waals surface area contributed by atoms with Crippen LogP contribution in [0.15, 0.2) is 54.8 Å². The molecule has 2 aliphatic heterocycles. The highest BCUT2D eigenvalue weighted by Gasteiger charge is 2.55. The Morgan fingerprint density at radius 1 is 1.40 bits per heavy atom. The molecule has 3 atom stereocenters. The molecule has 1 amide bonds. The van der Waals surface area contributed by atoms with E-state index in [2.05, 4.69) is 21.8 Å². The number of carbonyl (C=O) groups is 1. The summed E-state index contributed by atoms with van der Waals surface area (Å²) in [6.45, 7) is 9.87. The van der Waals surface area contributed by atoms with Crippen molar-refractivity contribution in [2.24, 2.45) is 17.8 Å². The smallest absolute Gasteiger partial charge is 0.243 e. The molecular weight excluding hydrogens is 376 g/mol. The molecule has 160 valence electrons. The van der Waals surface area contributed by atoms with Crippen LogP contribution in [0.4, 0.5) is 5.95 Å². The van der Waals surface area contributed by atoms with E-state index in [1.54, 1.807) is 18.2 Å². The molecule has 0 spiro atoms. The van der Waals surface area contributed by atoms with Crippen molar-refractivity contribution in [3.63, 3.8) is 0 Å². The summed E-state index contributed by atoms with van der Waals surface area (Å²) in [4.78, 5) is 23.7. The van der Waals surface area contributed by atoms with E-state index in [0.717, 1.165) is 61.9 Å². The third-order valence-electron chi connectivity index (χ3n) is 6.26. The minimum absolute atomic E-state index is 0. The molecule has 1 N–H and O–H groups in total. The number of nitrogens with one attached hydrogen (secondary N) is 1. The second-order valence-corrected chi connectivity index (χ2v) is 8.15. The van der Waals surface area contributed by atoms with E-state index in [1.165, 1.54) is 0 Å². The second-order valence-electron chi connectivity index (χ2n) is 8.15. The predicted molar refractivity (Wildman–Crippen MR) is 120 cm³/mol. The van der Waals surface area contributed by atoms with Gasteiger partial charge in [0.15, 0.2) is 0 Å². The predicted octanol–water partition coefficient (Wildman–Crippen LogP) is 3.23. The van der Waals surface area contributed by atoms with Crippen LogP contribution in [0.2, 0.25) is 0 Å². The van der Waals surface area contributed by atoms with Crippen molar-refractivity contribution in [2.45, 2.75) is 26.4 Å². The average Bonchev–Trinajstić information content (AvgIpc) is 3.21. The lowest BCUT2D eigenvalue weighted by molar-refractivity contribution is -0.116. The number of hydrogen-bond acceptors (Lipinski definition) is 5. The fourth-order valence-electron chi connectivity index (χ4n) is 4.50. The molecule has 1 aromatic heterocycles. The van der Waals surface area contributed by atoms with Gasteiger partial charge >= 0.3 is 0 Å². The van der Waals surface area contributed by atoms with E-state index in [1.807, 2.05) is 31.3 Å². The maximum Gasteiger partial charge on any atom is 0.243 e. The van der Waals surface area contributed by atoms with Gasteiger partial charge in [0.1, 0.15) is 0 Å². The standard InChI is InChI=1S/C24H30N4O2.H2/c1-3-5-6-17(4-2)7-8-23(29)25-11-9-19-20-14-28(15-21(19)20)24-26-13-18-16-30-12-10-22(18)27-24;/h3-8,13,19-21H,2,9-12,14-16H2,1H3,(H,25,29);1H/b5-3-,8-7+,17-6+;/t19?,20-,21+;. The Kier molecular flexibility index (Phi) is 6.43. The first-order chi connectivity index (χ1) is 14.7. The number of rotatable bonds is 8. The van der Waals surface area contributed by atoms with Gasteiger partial charge in [-0.3, -0.25) is 4.79 Å². The molecule has 1 unspecified atom stereocenters. The van der Waals surface area contributed by atoms with Crippen molar-refractivity contribution < 1.29 is 11.0 Å². The number of amides is 1. The Morgan fingerprint density at radius 3 is 3.00 bits per heavy atom. The lowest BCUT2D eigenvalue weighted by Gasteiger charge is -2.22. The minimum Gasteiger partial charge on any atom is -0.376 e. The van der Waals surface area contributed by atoms with Gasteiger partial charge < -0.3 is 15.0 Å². The molecular formula is C24H32N4O2. The third kappa shape index (κ3) is 4.70. The van der Waals surface area contributed by atoms with Crippen molar-refractivity contribution in [3.05, 3.63) is 66.1 Å². The van der Waals surface area contributed by atoms with E-state index in [0.29, 0.717) is 24.4 Å². The summed E-state index contributed by atoms with van der Waals surface area (Å²) in [5.74, 6) is 2.93. The van der Waals surface area contributed by atoms with Gasteiger partial charge in [-0.1, -0.05) is 30.9 Å². The SMILES string of the molecule is C=CC(/C=C/C(=O)NCCC1[C@H]2CN(c3ncc4c(n3)CCOC4)C[C@@H]12)=C\C=C/C.[HH]. The Labute approximate surface area is 179 Å². The Balaban J connectivity index is 0.00000272. The van der Waals surface area contributed by atoms with Crippen molar-refractivity contribution in [1.82, 2.24) is 15.3 Å². The molecule has 0 radical (unpaired) electrons. The van der Waals surface area contributed by atoms with Gasteiger partial charge in [0.25, 0.3) is 0 Å². The van der Waals surface area contributed by atoms with Gasteiger partial charge in [-0.15, -0.1) is 0 Å². The third-order valence-corrected chi connectivity index (χ3v) is 6.26. The number of anilines is 1. The van der Waals surface area contributed by atoms with Gasteiger partial charge in [0.05, 0.1) is 18.9 Å². The van der Waals surface area contributed by atoms with Crippen LogP contribution in [-0.4, -0.2) is 42.1 Å². The molecule has 4 rings (SSSR count). The highest BCUT2D eigenvalue weighted by molar-refractivity contribution is 5.88. The summed E-state index contributed by atoms with van der Waals surface area (Å²) in [6.07, 6.45) is 14.7. The van der Waals surface area contributed by atoms with Crippen LogP contribution in [-0.2, 0) is 22.6 Å². The molecule has 6 heteroatoms.